The predicted octanol–water partition coefficient (Wildman–Crippen LogP) is 2.29. The van der Waals surface area contributed by atoms with Gasteiger partial charge >= 0.3 is 0 Å². The lowest BCUT2D eigenvalue weighted by molar-refractivity contribution is -0.136. The first-order valence-electron chi connectivity index (χ1n) is 8.07. The van der Waals surface area contributed by atoms with Crippen molar-refractivity contribution < 1.29 is 9.59 Å². The second kappa shape index (κ2) is 8.20. The Morgan fingerprint density at radius 1 is 1.26 bits per heavy atom. The fourth-order valence-corrected chi connectivity index (χ4v) is 2.75. The van der Waals surface area contributed by atoms with Gasteiger partial charge in [-0.05, 0) is 31.5 Å². The molecule has 0 aliphatic carbocycles. The molecule has 126 valence electrons. The molecule has 2 amide bonds. The summed E-state index contributed by atoms with van der Waals surface area (Å²) in [4.78, 5) is 28.0. The SMILES string of the molecule is CCC(C)NC(=O)CC(=O)N1CCN(c2cccc(Cl)c2)CC1. The second-order valence-electron chi connectivity index (χ2n) is 5.90. The van der Waals surface area contributed by atoms with Gasteiger partial charge in [0, 0.05) is 42.9 Å². The van der Waals surface area contributed by atoms with E-state index in [4.69, 9.17) is 11.6 Å². The third kappa shape index (κ3) is 5.13. The molecular weight excluding hydrogens is 314 g/mol. The summed E-state index contributed by atoms with van der Waals surface area (Å²) in [6.45, 7) is 6.69. The molecule has 1 fully saturated rings. The summed E-state index contributed by atoms with van der Waals surface area (Å²) in [6, 6.07) is 7.83. The van der Waals surface area contributed by atoms with Crippen LogP contribution < -0.4 is 10.2 Å². The molecule has 1 heterocycles. The van der Waals surface area contributed by atoms with Crippen LogP contribution in [0, 0.1) is 0 Å². The first-order chi connectivity index (χ1) is 11.0. The Morgan fingerprint density at radius 2 is 1.96 bits per heavy atom. The van der Waals surface area contributed by atoms with E-state index in [0.29, 0.717) is 18.1 Å². The molecule has 1 aromatic rings. The summed E-state index contributed by atoms with van der Waals surface area (Å²) in [5.74, 6) is -0.293. The van der Waals surface area contributed by atoms with Gasteiger partial charge < -0.3 is 15.1 Å². The van der Waals surface area contributed by atoms with Crippen LogP contribution in [0.5, 0.6) is 0 Å². The quantitative estimate of drug-likeness (QED) is 0.839. The lowest BCUT2D eigenvalue weighted by Gasteiger charge is -2.36. The Balaban J connectivity index is 1.82. The molecule has 0 aromatic heterocycles. The zero-order valence-corrected chi connectivity index (χ0v) is 14.5. The number of carbonyl (C=O) groups is 2. The van der Waals surface area contributed by atoms with Gasteiger partial charge in [-0.2, -0.15) is 0 Å². The Bertz CT molecular complexity index is 557. The minimum atomic E-state index is -0.193. The van der Waals surface area contributed by atoms with Crippen LogP contribution in [0.15, 0.2) is 24.3 Å². The van der Waals surface area contributed by atoms with Gasteiger partial charge in [0.05, 0.1) is 0 Å². The highest BCUT2D eigenvalue weighted by Gasteiger charge is 2.23. The summed E-state index contributed by atoms with van der Waals surface area (Å²) in [6.07, 6.45) is 0.791. The summed E-state index contributed by atoms with van der Waals surface area (Å²) in [5.41, 5.74) is 1.07. The predicted molar refractivity (Wildman–Crippen MR) is 92.8 cm³/mol. The molecule has 0 radical (unpaired) electrons. The Morgan fingerprint density at radius 3 is 2.57 bits per heavy atom. The lowest BCUT2D eigenvalue weighted by atomic mass is 10.2. The van der Waals surface area contributed by atoms with Crippen molar-refractivity contribution in [3.8, 4) is 0 Å². The number of rotatable bonds is 5. The van der Waals surface area contributed by atoms with E-state index in [2.05, 4.69) is 10.2 Å². The van der Waals surface area contributed by atoms with E-state index in [1.165, 1.54) is 0 Å². The molecule has 1 atom stereocenters. The van der Waals surface area contributed by atoms with Crippen molar-refractivity contribution in [2.75, 3.05) is 31.1 Å². The number of hydrogen-bond acceptors (Lipinski definition) is 3. The first-order valence-corrected chi connectivity index (χ1v) is 8.45. The van der Waals surface area contributed by atoms with Crippen LogP contribution in [0.4, 0.5) is 5.69 Å². The molecule has 1 N–H and O–H groups in total. The summed E-state index contributed by atoms with van der Waals surface area (Å²) in [7, 11) is 0. The molecule has 23 heavy (non-hydrogen) atoms. The molecule has 0 bridgehead atoms. The number of benzene rings is 1. The highest BCUT2D eigenvalue weighted by Crippen LogP contribution is 2.20. The van der Waals surface area contributed by atoms with Crippen LogP contribution in [0.3, 0.4) is 0 Å². The average molecular weight is 338 g/mol. The maximum absolute atomic E-state index is 12.2. The highest BCUT2D eigenvalue weighted by atomic mass is 35.5. The van der Waals surface area contributed by atoms with Crippen molar-refractivity contribution in [2.24, 2.45) is 0 Å². The number of anilines is 1. The molecule has 2 rings (SSSR count). The van der Waals surface area contributed by atoms with Crippen LogP contribution in [0.2, 0.25) is 5.02 Å². The van der Waals surface area contributed by atoms with E-state index in [9.17, 15) is 9.59 Å². The Hall–Kier alpha value is -1.75. The van der Waals surface area contributed by atoms with Crippen molar-refractivity contribution >= 4 is 29.1 Å². The second-order valence-corrected chi connectivity index (χ2v) is 6.34. The number of nitrogens with zero attached hydrogens (tertiary/aromatic N) is 2. The summed E-state index contributed by atoms with van der Waals surface area (Å²) >= 11 is 6.02. The number of amides is 2. The molecule has 0 saturated carbocycles. The largest absolute Gasteiger partial charge is 0.368 e. The maximum atomic E-state index is 12.2. The minimum absolute atomic E-state index is 0.0680. The molecular formula is C17H24ClN3O2. The van der Waals surface area contributed by atoms with Gasteiger partial charge in [0.15, 0.2) is 0 Å². The minimum Gasteiger partial charge on any atom is -0.368 e. The Kier molecular flexibility index (Phi) is 6.28. The molecule has 0 spiro atoms. The van der Waals surface area contributed by atoms with Gasteiger partial charge in [-0.15, -0.1) is 0 Å². The van der Waals surface area contributed by atoms with E-state index in [-0.39, 0.29) is 24.3 Å². The van der Waals surface area contributed by atoms with Crippen molar-refractivity contribution in [3.05, 3.63) is 29.3 Å². The fourth-order valence-electron chi connectivity index (χ4n) is 2.56. The van der Waals surface area contributed by atoms with Crippen LogP contribution in [0.1, 0.15) is 26.7 Å². The van der Waals surface area contributed by atoms with Gasteiger partial charge in [0.1, 0.15) is 6.42 Å². The summed E-state index contributed by atoms with van der Waals surface area (Å²) in [5, 5.41) is 3.54. The van der Waals surface area contributed by atoms with Crippen molar-refractivity contribution in [2.45, 2.75) is 32.7 Å². The van der Waals surface area contributed by atoms with Crippen LogP contribution in [0.25, 0.3) is 0 Å². The maximum Gasteiger partial charge on any atom is 0.232 e. The van der Waals surface area contributed by atoms with Crippen LogP contribution in [-0.4, -0.2) is 48.9 Å². The molecule has 1 unspecified atom stereocenters. The summed E-state index contributed by atoms with van der Waals surface area (Å²) < 4.78 is 0. The first kappa shape index (κ1) is 17.6. The van der Waals surface area contributed by atoms with E-state index < -0.39 is 0 Å². The smallest absolute Gasteiger partial charge is 0.232 e. The molecule has 1 aromatic carbocycles. The van der Waals surface area contributed by atoms with E-state index >= 15 is 0 Å². The van der Waals surface area contributed by atoms with Gasteiger partial charge in [0.25, 0.3) is 0 Å². The number of hydrogen-bond donors (Lipinski definition) is 1. The van der Waals surface area contributed by atoms with E-state index in [1.807, 2.05) is 38.1 Å². The van der Waals surface area contributed by atoms with Crippen LogP contribution >= 0.6 is 11.6 Å². The van der Waals surface area contributed by atoms with Crippen molar-refractivity contribution in [1.29, 1.82) is 0 Å². The molecule has 1 aliphatic rings. The topological polar surface area (TPSA) is 52.7 Å². The molecule has 1 aliphatic heterocycles. The number of nitrogens with one attached hydrogen (secondary N) is 1. The van der Waals surface area contributed by atoms with Crippen LogP contribution in [-0.2, 0) is 9.59 Å². The van der Waals surface area contributed by atoms with E-state index in [1.54, 1.807) is 4.90 Å². The monoisotopic (exact) mass is 337 g/mol. The third-order valence-corrected chi connectivity index (χ3v) is 4.37. The molecule has 6 heteroatoms. The number of piperazine rings is 1. The van der Waals surface area contributed by atoms with Crippen molar-refractivity contribution in [1.82, 2.24) is 10.2 Å². The third-order valence-electron chi connectivity index (χ3n) is 4.14. The van der Waals surface area contributed by atoms with Gasteiger partial charge in [-0.3, -0.25) is 9.59 Å². The van der Waals surface area contributed by atoms with Gasteiger partial charge in [0.2, 0.25) is 11.8 Å². The number of carbonyl (C=O) groups excluding carboxylic acids is 2. The van der Waals surface area contributed by atoms with E-state index in [0.717, 1.165) is 25.2 Å². The zero-order chi connectivity index (χ0) is 16.8. The van der Waals surface area contributed by atoms with Gasteiger partial charge in [-0.25, -0.2) is 0 Å². The van der Waals surface area contributed by atoms with Crippen molar-refractivity contribution in [3.63, 3.8) is 0 Å². The average Bonchev–Trinajstić information content (AvgIpc) is 2.54. The fraction of sp³-hybridized carbons (Fsp3) is 0.529. The standard InChI is InChI=1S/C17H24ClN3O2/c1-3-13(2)19-16(22)12-17(23)21-9-7-20(8-10-21)15-6-4-5-14(18)11-15/h4-6,11,13H,3,7-10,12H2,1-2H3,(H,19,22). The highest BCUT2D eigenvalue weighted by molar-refractivity contribution is 6.30. The molecule has 1 saturated heterocycles. The number of halogens is 1. The van der Waals surface area contributed by atoms with Gasteiger partial charge in [-0.1, -0.05) is 24.6 Å². The lowest BCUT2D eigenvalue weighted by Crippen LogP contribution is -2.49. The molecule has 5 nitrogen and oxygen atoms in total. The normalized spacial score (nSPS) is 16.1. The Labute approximate surface area is 142 Å². The zero-order valence-electron chi connectivity index (χ0n) is 13.7.